The smallest absolute Gasteiger partial charge is 0.126 e. The molecule has 0 fully saturated rings. The van der Waals surface area contributed by atoms with E-state index < -0.39 is 6.10 Å². The van der Waals surface area contributed by atoms with E-state index in [4.69, 9.17) is 0 Å². The van der Waals surface area contributed by atoms with Gasteiger partial charge in [0.25, 0.3) is 0 Å². The van der Waals surface area contributed by atoms with Crippen LogP contribution in [-0.2, 0) is 0 Å². The van der Waals surface area contributed by atoms with Gasteiger partial charge in [-0.15, -0.1) is 0 Å². The summed E-state index contributed by atoms with van der Waals surface area (Å²) >= 11 is 0. The molecule has 1 unspecified atom stereocenters. The van der Waals surface area contributed by atoms with Gasteiger partial charge in [0.15, 0.2) is 0 Å². The Hall–Kier alpha value is -2.26. The lowest BCUT2D eigenvalue weighted by Gasteiger charge is -2.13. The third kappa shape index (κ3) is 2.28. The largest absolute Gasteiger partial charge is 0.384 e. The lowest BCUT2D eigenvalue weighted by atomic mass is 10.00. The lowest BCUT2D eigenvalue weighted by Crippen LogP contribution is -2.01. The molecule has 3 heteroatoms. The van der Waals surface area contributed by atoms with Gasteiger partial charge in [0.1, 0.15) is 11.9 Å². The minimum atomic E-state index is -0.800. The standard InChI is InChI=1S/C17H14FNO/c1-11-8-13(6-7-15(11)18)17(20)14-9-12-4-2-3-5-16(12)19-10-14/h2-10,17,20H,1H3. The third-order valence-electron chi connectivity index (χ3n) is 3.43. The second kappa shape index (κ2) is 5.02. The van der Waals surface area contributed by atoms with Gasteiger partial charge < -0.3 is 5.11 Å². The molecule has 0 saturated heterocycles. The van der Waals surface area contributed by atoms with Crippen LogP contribution in [0.5, 0.6) is 0 Å². The van der Waals surface area contributed by atoms with Crippen LogP contribution in [0.2, 0.25) is 0 Å². The Morgan fingerprint density at radius 2 is 1.85 bits per heavy atom. The molecular formula is C17H14FNO. The van der Waals surface area contributed by atoms with Gasteiger partial charge in [-0.1, -0.05) is 30.3 Å². The number of aryl methyl sites for hydroxylation is 1. The Labute approximate surface area is 116 Å². The molecule has 1 atom stereocenters. The lowest BCUT2D eigenvalue weighted by molar-refractivity contribution is 0.220. The number of hydrogen-bond donors (Lipinski definition) is 1. The van der Waals surface area contributed by atoms with Crippen molar-refractivity contribution in [2.24, 2.45) is 0 Å². The molecule has 2 aromatic carbocycles. The van der Waals surface area contributed by atoms with Crippen molar-refractivity contribution in [2.75, 3.05) is 0 Å². The van der Waals surface area contributed by atoms with Crippen molar-refractivity contribution in [2.45, 2.75) is 13.0 Å². The topological polar surface area (TPSA) is 33.1 Å². The second-order valence-electron chi connectivity index (χ2n) is 4.87. The van der Waals surface area contributed by atoms with Crippen LogP contribution in [0.4, 0.5) is 4.39 Å². The molecule has 0 saturated carbocycles. The number of aliphatic hydroxyl groups is 1. The normalized spacial score (nSPS) is 12.6. The van der Waals surface area contributed by atoms with Gasteiger partial charge in [-0.2, -0.15) is 0 Å². The highest BCUT2D eigenvalue weighted by Gasteiger charge is 2.12. The zero-order valence-corrected chi connectivity index (χ0v) is 11.0. The molecule has 0 aliphatic carbocycles. The molecule has 20 heavy (non-hydrogen) atoms. The summed E-state index contributed by atoms with van der Waals surface area (Å²) in [7, 11) is 0. The van der Waals surface area contributed by atoms with E-state index in [2.05, 4.69) is 4.98 Å². The van der Waals surface area contributed by atoms with Gasteiger partial charge in [0, 0.05) is 17.1 Å². The van der Waals surface area contributed by atoms with Crippen LogP contribution in [0, 0.1) is 12.7 Å². The molecule has 1 aromatic heterocycles. The summed E-state index contributed by atoms with van der Waals surface area (Å²) in [6.45, 7) is 1.68. The molecule has 0 spiro atoms. The molecule has 0 aliphatic heterocycles. The van der Waals surface area contributed by atoms with Crippen molar-refractivity contribution in [3.8, 4) is 0 Å². The first-order valence-corrected chi connectivity index (χ1v) is 6.44. The first-order valence-electron chi connectivity index (χ1n) is 6.44. The third-order valence-corrected chi connectivity index (χ3v) is 3.43. The molecule has 0 radical (unpaired) electrons. The Kier molecular flexibility index (Phi) is 3.20. The van der Waals surface area contributed by atoms with Gasteiger partial charge in [-0.05, 0) is 36.2 Å². The predicted molar refractivity (Wildman–Crippen MR) is 76.9 cm³/mol. The van der Waals surface area contributed by atoms with Gasteiger partial charge in [-0.25, -0.2) is 4.39 Å². The number of benzene rings is 2. The quantitative estimate of drug-likeness (QED) is 0.766. The number of halogens is 1. The Balaban J connectivity index is 2.02. The molecule has 0 bridgehead atoms. The van der Waals surface area contributed by atoms with Crippen molar-refractivity contribution in [1.82, 2.24) is 4.98 Å². The Morgan fingerprint density at radius 1 is 1.05 bits per heavy atom. The summed E-state index contributed by atoms with van der Waals surface area (Å²) in [5.41, 5.74) is 2.78. The van der Waals surface area contributed by atoms with E-state index in [-0.39, 0.29) is 5.82 Å². The predicted octanol–water partition coefficient (Wildman–Crippen LogP) is 3.76. The van der Waals surface area contributed by atoms with Crippen LogP contribution in [0.15, 0.2) is 54.7 Å². The highest BCUT2D eigenvalue weighted by molar-refractivity contribution is 5.78. The minimum absolute atomic E-state index is 0.266. The summed E-state index contributed by atoms with van der Waals surface area (Å²) in [4.78, 5) is 4.33. The number of fused-ring (bicyclic) bond motifs is 1. The molecule has 0 aliphatic rings. The van der Waals surface area contributed by atoms with Gasteiger partial charge >= 0.3 is 0 Å². The fourth-order valence-electron chi connectivity index (χ4n) is 2.27. The number of rotatable bonds is 2. The average molecular weight is 267 g/mol. The SMILES string of the molecule is Cc1cc(C(O)c2cnc3ccccc3c2)ccc1F. The van der Waals surface area contributed by atoms with Crippen molar-refractivity contribution >= 4 is 10.9 Å². The first-order chi connectivity index (χ1) is 9.65. The summed E-state index contributed by atoms with van der Waals surface area (Å²) in [6, 6.07) is 14.3. The fraction of sp³-hybridized carbons (Fsp3) is 0.118. The van der Waals surface area contributed by atoms with E-state index in [9.17, 15) is 9.50 Å². The van der Waals surface area contributed by atoms with Crippen LogP contribution in [0.25, 0.3) is 10.9 Å². The van der Waals surface area contributed by atoms with E-state index in [0.29, 0.717) is 16.7 Å². The number of aromatic nitrogens is 1. The van der Waals surface area contributed by atoms with Crippen molar-refractivity contribution in [3.63, 3.8) is 0 Å². The number of pyridine rings is 1. The van der Waals surface area contributed by atoms with E-state index in [1.807, 2.05) is 30.3 Å². The molecule has 3 rings (SSSR count). The monoisotopic (exact) mass is 267 g/mol. The molecule has 100 valence electrons. The maximum atomic E-state index is 13.3. The second-order valence-corrected chi connectivity index (χ2v) is 4.87. The zero-order chi connectivity index (χ0) is 14.1. The fourth-order valence-corrected chi connectivity index (χ4v) is 2.27. The maximum Gasteiger partial charge on any atom is 0.126 e. The van der Waals surface area contributed by atoms with Crippen LogP contribution >= 0.6 is 0 Å². The summed E-state index contributed by atoms with van der Waals surface area (Å²) < 4.78 is 13.3. The van der Waals surface area contributed by atoms with Crippen LogP contribution in [0.3, 0.4) is 0 Å². The van der Waals surface area contributed by atoms with Gasteiger partial charge in [0.2, 0.25) is 0 Å². The zero-order valence-electron chi connectivity index (χ0n) is 11.0. The highest BCUT2D eigenvalue weighted by atomic mass is 19.1. The van der Waals surface area contributed by atoms with Crippen molar-refractivity contribution in [3.05, 3.63) is 77.2 Å². The first kappa shape index (κ1) is 12.8. The van der Waals surface area contributed by atoms with Crippen molar-refractivity contribution < 1.29 is 9.50 Å². The molecular weight excluding hydrogens is 253 g/mol. The van der Waals surface area contributed by atoms with Crippen molar-refractivity contribution in [1.29, 1.82) is 0 Å². The summed E-state index contributed by atoms with van der Waals surface area (Å²) in [6.07, 6.45) is 0.859. The molecule has 2 nitrogen and oxygen atoms in total. The Morgan fingerprint density at radius 3 is 2.65 bits per heavy atom. The number of nitrogens with zero attached hydrogens (tertiary/aromatic N) is 1. The highest BCUT2D eigenvalue weighted by Crippen LogP contribution is 2.25. The molecule has 3 aromatic rings. The van der Waals surface area contributed by atoms with Gasteiger partial charge in [0.05, 0.1) is 5.52 Å². The number of aliphatic hydroxyl groups excluding tert-OH is 1. The van der Waals surface area contributed by atoms with Crippen LogP contribution in [0.1, 0.15) is 22.8 Å². The summed E-state index contributed by atoms with van der Waals surface area (Å²) in [5, 5.41) is 11.4. The van der Waals surface area contributed by atoms with Gasteiger partial charge in [-0.3, -0.25) is 4.98 Å². The molecule has 0 amide bonds. The van der Waals surface area contributed by atoms with E-state index in [1.54, 1.807) is 25.3 Å². The van der Waals surface area contributed by atoms with E-state index in [0.717, 1.165) is 10.9 Å². The number of hydrogen-bond acceptors (Lipinski definition) is 2. The Bertz CT molecular complexity index is 770. The van der Waals surface area contributed by atoms with E-state index >= 15 is 0 Å². The molecule has 1 heterocycles. The summed E-state index contributed by atoms with van der Waals surface area (Å²) in [5.74, 6) is -0.266. The number of para-hydroxylation sites is 1. The van der Waals surface area contributed by atoms with E-state index in [1.165, 1.54) is 6.07 Å². The minimum Gasteiger partial charge on any atom is -0.384 e. The average Bonchev–Trinajstić information content (AvgIpc) is 2.49. The maximum absolute atomic E-state index is 13.3. The van der Waals surface area contributed by atoms with Crippen LogP contribution < -0.4 is 0 Å². The molecule has 1 N–H and O–H groups in total. The van der Waals surface area contributed by atoms with Crippen LogP contribution in [-0.4, -0.2) is 10.1 Å².